The van der Waals surface area contributed by atoms with Gasteiger partial charge in [-0.2, -0.15) is 0 Å². The van der Waals surface area contributed by atoms with Crippen molar-refractivity contribution in [2.24, 2.45) is 5.92 Å². The van der Waals surface area contributed by atoms with Gasteiger partial charge in [0.25, 0.3) is 0 Å². The van der Waals surface area contributed by atoms with Crippen LogP contribution in [0.15, 0.2) is 24.3 Å². The van der Waals surface area contributed by atoms with Crippen molar-refractivity contribution in [3.8, 4) is 0 Å². The minimum atomic E-state index is -0.544. The van der Waals surface area contributed by atoms with E-state index in [9.17, 15) is 9.90 Å². The van der Waals surface area contributed by atoms with Gasteiger partial charge in [-0.25, -0.2) is 9.78 Å². The molecule has 2 unspecified atom stereocenters. The van der Waals surface area contributed by atoms with E-state index < -0.39 is 5.54 Å². The smallest absolute Gasteiger partial charge is 0.315 e. The third kappa shape index (κ3) is 2.92. The highest BCUT2D eigenvalue weighted by Gasteiger charge is 2.42. The van der Waals surface area contributed by atoms with E-state index in [4.69, 9.17) is 0 Å². The average molecular weight is 302 g/mol. The van der Waals surface area contributed by atoms with Crippen LogP contribution in [0.3, 0.4) is 0 Å². The summed E-state index contributed by atoms with van der Waals surface area (Å²) < 4.78 is 0. The molecule has 1 heterocycles. The van der Waals surface area contributed by atoms with E-state index in [-0.39, 0.29) is 18.7 Å². The Balaban J connectivity index is 1.65. The Morgan fingerprint density at radius 1 is 1.50 bits per heavy atom. The maximum atomic E-state index is 12.2. The molecule has 0 radical (unpaired) electrons. The maximum absolute atomic E-state index is 12.2. The quantitative estimate of drug-likeness (QED) is 0.681. The summed E-state index contributed by atoms with van der Waals surface area (Å²) in [7, 11) is 0. The Morgan fingerprint density at radius 2 is 2.23 bits per heavy atom. The first-order valence-electron chi connectivity index (χ1n) is 7.66. The van der Waals surface area contributed by atoms with Gasteiger partial charge >= 0.3 is 6.03 Å². The van der Waals surface area contributed by atoms with Crippen LogP contribution in [0.4, 0.5) is 4.79 Å². The summed E-state index contributed by atoms with van der Waals surface area (Å²) in [5, 5.41) is 15.3. The number of para-hydroxylation sites is 2. The van der Waals surface area contributed by atoms with Crippen molar-refractivity contribution in [2.45, 2.75) is 38.3 Å². The third-order valence-corrected chi connectivity index (χ3v) is 4.37. The average Bonchev–Trinajstić information content (AvgIpc) is 3.26. The van der Waals surface area contributed by atoms with Crippen molar-refractivity contribution in [2.75, 3.05) is 6.61 Å². The molecule has 6 nitrogen and oxygen atoms in total. The molecule has 1 aliphatic rings. The number of nitrogens with one attached hydrogen (secondary N) is 3. The summed E-state index contributed by atoms with van der Waals surface area (Å²) in [6.45, 7) is 3.71. The molecule has 1 aromatic heterocycles. The van der Waals surface area contributed by atoms with Gasteiger partial charge in [-0.15, -0.1) is 0 Å². The lowest BCUT2D eigenvalue weighted by molar-refractivity contribution is 0.154. The molecule has 1 aromatic carbocycles. The van der Waals surface area contributed by atoms with E-state index in [1.807, 2.05) is 38.1 Å². The number of aromatic nitrogens is 2. The van der Waals surface area contributed by atoms with Crippen LogP contribution in [-0.4, -0.2) is 33.3 Å². The van der Waals surface area contributed by atoms with E-state index >= 15 is 0 Å². The summed E-state index contributed by atoms with van der Waals surface area (Å²) in [6, 6.07) is 7.23. The maximum Gasteiger partial charge on any atom is 0.315 e. The molecule has 4 N–H and O–H groups in total. The van der Waals surface area contributed by atoms with Crippen LogP contribution < -0.4 is 10.6 Å². The number of urea groups is 1. The van der Waals surface area contributed by atoms with Crippen LogP contribution in [-0.2, 0) is 0 Å². The van der Waals surface area contributed by atoms with Crippen molar-refractivity contribution < 1.29 is 9.90 Å². The van der Waals surface area contributed by atoms with Crippen molar-refractivity contribution in [1.82, 2.24) is 20.6 Å². The fourth-order valence-electron chi connectivity index (χ4n) is 2.73. The fraction of sp³-hybridized carbons (Fsp3) is 0.500. The first-order chi connectivity index (χ1) is 10.5. The van der Waals surface area contributed by atoms with Gasteiger partial charge < -0.3 is 20.7 Å². The zero-order chi connectivity index (χ0) is 15.7. The zero-order valence-corrected chi connectivity index (χ0v) is 12.9. The Kier molecular flexibility index (Phi) is 3.78. The molecule has 0 bridgehead atoms. The van der Waals surface area contributed by atoms with Crippen molar-refractivity contribution in [3.05, 3.63) is 30.1 Å². The summed E-state index contributed by atoms with van der Waals surface area (Å²) in [5.74, 6) is 1.08. The first-order valence-corrected chi connectivity index (χ1v) is 7.66. The number of fused-ring (bicyclic) bond motifs is 1. The Bertz CT molecular complexity index is 647. The van der Waals surface area contributed by atoms with Crippen molar-refractivity contribution >= 4 is 17.1 Å². The lowest BCUT2D eigenvalue weighted by Gasteiger charge is -2.29. The number of hydrogen-bond donors (Lipinski definition) is 4. The third-order valence-electron chi connectivity index (χ3n) is 4.37. The SMILES string of the molecule is CC(NC(=O)NC(C)(CO)C1CC1)c1nc2ccccc2[nH]1. The number of aromatic amines is 1. The number of H-pyrrole nitrogens is 1. The first kappa shape index (κ1) is 14.8. The number of carbonyl (C=O) groups is 1. The van der Waals surface area contributed by atoms with Gasteiger partial charge in [0.1, 0.15) is 5.82 Å². The molecule has 0 saturated heterocycles. The minimum absolute atomic E-state index is 0.0515. The van der Waals surface area contributed by atoms with Gasteiger partial charge in [-0.3, -0.25) is 0 Å². The predicted molar refractivity (Wildman–Crippen MR) is 84.4 cm³/mol. The van der Waals surface area contributed by atoms with E-state index in [0.717, 1.165) is 23.9 Å². The highest BCUT2D eigenvalue weighted by molar-refractivity contribution is 5.77. The van der Waals surface area contributed by atoms with E-state index in [0.29, 0.717) is 11.7 Å². The summed E-state index contributed by atoms with van der Waals surface area (Å²) >= 11 is 0. The molecule has 118 valence electrons. The molecule has 2 amide bonds. The molecule has 3 rings (SSSR count). The lowest BCUT2D eigenvalue weighted by Crippen LogP contribution is -2.54. The molecule has 1 fully saturated rings. The number of nitrogens with zero attached hydrogens (tertiary/aromatic N) is 1. The number of aliphatic hydroxyl groups excluding tert-OH is 1. The zero-order valence-electron chi connectivity index (χ0n) is 12.9. The minimum Gasteiger partial charge on any atom is -0.394 e. The van der Waals surface area contributed by atoms with Gasteiger partial charge in [-0.1, -0.05) is 12.1 Å². The lowest BCUT2D eigenvalue weighted by atomic mass is 9.97. The highest BCUT2D eigenvalue weighted by atomic mass is 16.3. The van der Waals surface area contributed by atoms with Gasteiger partial charge in [0.15, 0.2) is 0 Å². The number of benzene rings is 1. The second-order valence-electron chi connectivity index (χ2n) is 6.31. The Hall–Kier alpha value is -2.08. The Morgan fingerprint density at radius 3 is 2.86 bits per heavy atom. The predicted octanol–water partition coefficient (Wildman–Crippen LogP) is 2.08. The normalized spacial score (nSPS) is 18.7. The number of carbonyl (C=O) groups excluding carboxylic acids is 1. The largest absolute Gasteiger partial charge is 0.394 e. The number of hydrogen-bond acceptors (Lipinski definition) is 3. The van der Waals surface area contributed by atoms with Gasteiger partial charge in [0.05, 0.1) is 29.2 Å². The number of imidazole rings is 1. The van der Waals surface area contributed by atoms with Gasteiger partial charge in [-0.05, 0) is 44.7 Å². The summed E-state index contributed by atoms with van der Waals surface area (Å²) in [5.41, 5.74) is 1.28. The monoisotopic (exact) mass is 302 g/mol. The van der Waals surface area contributed by atoms with Crippen LogP contribution in [0.2, 0.25) is 0 Å². The fourth-order valence-corrected chi connectivity index (χ4v) is 2.73. The molecule has 1 aliphatic carbocycles. The van der Waals surface area contributed by atoms with Crippen LogP contribution >= 0.6 is 0 Å². The van der Waals surface area contributed by atoms with Crippen LogP contribution in [0.25, 0.3) is 11.0 Å². The molecule has 22 heavy (non-hydrogen) atoms. The molecule has 6 heteroatoms. The number of aliphatic hydroxyl groups is 1. The van der Waals surface area contributed by atoms with Gasteiger partial charge in [0.2, 0.25) is 0 Å². The second kappa shape index (κ2) is 5.61. The standard InChI is InChI=1S/C16H22N4O2/c1-10(14-18-12-5-3-4-6-13(12)19-14)17-15(22)20-16(2,9-21)11-7-8-11/h3-6,10-11,21H,7-9H2,1-2H3,(H,18,19)(H2,17,20,22). The van der Waals surface area contributed by atoms with E-state index in [1.54, 1.807) is 0 Å². The summed E-state index contributed by atoms with van der Waals surface area (Å²) in [6.07, 6.45) is 2.10. The molecule has 1 saturated carbocycles. The number of amides is 2. The molecule has 0 spiro atoms. The van der Waals surface area contributed by atoms with Crippen molar-refractivity contribution in [3.63, 3.8) is 0 Å². The second-order valence-corrected chi connectivity index (χ2v) is 6.31. The van der Waals surface area contributed by atoms with Crippen LogP contribution in [0.5, 0.6) is 0 Å². The molecule has 2 aromatic rings. The molecular formula is C16H22N4O2. The van der Waals surface area contributed by atoms with E-state index in [2.05, 4.69) is 20.6 Å². The van der Waals surface area contributed by atoms with Crippen molar-refractivity contribution in [1.29, 1.82) is 0 Å². The molecular weight excluding hydrogens is 280 g/mol. The Labute approximate surface area is 129 Å². The topological polar surface area (TPSA) is 90.0 Å². The summed E-state index contributed by atoms with van der Waals surface area (Å²) in [4.78, 5) is 19.9. The van der Waals surface area contributed by atoms with E-state index in [1.165, 1.54) is 0 Å². The molecule has 0 aliphatic heterocycles. The highest BCUT2D eigenvalue weighted by Crippen LogP contribution is 2.39. The van der Waals surface area contributed by atoms with Gasteiger partial charge in [0, 0.05) is 0 Å². The van der Waals surface area contributed by atoms with Crippen LogP contribution in [0.1, 0.15) is 38.6 Å². The number of rotatable bonds is 5. The van der Waals surface area contributed by atoms with Crippen LogP contribution in [0, 0.1) is 5.92 Å². The molecule has 2 atom stereocenters.